The van der Waals surface area contributed by atoms with Crippen molar-refractivity contribution in [1.82, 2.24) is 10.2 Å². The first-order valence-electron chi connectivity index (χ1n) is 6.93. The summed E-state index contributed by atoms with van der Waals surface area (Å²) in [7, 11) is 5.71. The molecule has 1 aromatic rings. The normalized spacial score (nSPS) is 12.5. The molecule has 5 nitrogen and oxygen atoms in total. The SMILES string of the molecule is C=C(C)CNC(N)=NCC(c1ccccc1OC)N(C)C.I. The van der Waals surface area contributed by atoms with Gasteiger partial charge in [0, 0.05) is 12.1 Å². The molecule has 0 aliphatic carbocycles. The van der Waals surface area contributed by atoms with Gasteiger partial charge in [-0.25, -0.2) is 0 Å². The van der Waals surface area contributed by atoms with E-state index in [-0.39, 0.29) is 30.0 Å². The fourth-order valence-electron chi connectivity index (χ4n) is 1.96. The predicted octanol–water partition coefficient (Wildman–Crippen LogP) is 2.40. The number of nitrogens with zero attached hydrogens (tertiary/aromatic N) is 2. The summed E-state index contributed by atoms with van der Waals surface area (Å²) in [6, 6.07) is 8.07. The summed E-state index contributed by atoms with van der Waals surface area (Å²) >= 11 is 0. The highest BCUT2D eigenvalue weighted by molar-refractivity contribution is 14.0. The third kappa shape index (κ3) is 6.65. The number of para-hydroxylation sites is 1. The van der Waals surface area contributed by atoms with Crippen molar-refractivity contribution >= 4 is 29.9 Å². The molecule has 0 spiro atoms. The minimum atomic E-state index is 0. The van der Waals surface area contributed by atoms with Crippen molar-refractivity contribution in [2.75, 3.05) is 34.3 Å². The maximum Gasteiger partial charge on any atom is 0.188 e. The number of nitrogens with one attached hydrogen (secondary N) is 1. The Bertz CT molecular complexity index is 503. The smallest absolute Gasteiger partial charge is 0.188 e. The monoisotopic (exact) mass is 418 g/mol. The van der Waals surface area contributed by atoms with Crippen LogP contribution in [0, 0.1) is 0 Å². The number of aliphatic imine (C=N–C) groups is 1. The van der Waals surface area contributed by atoms with Crippen LogP contribution in [-0.4, -0.2) is 45.2 Å². The van der Waals surface area contributed by atoms with Crippen LogP contribution in [0.4, 0.5) is 0 Å². The molecule has 3 N–H and O–H groups in total. The lowest BCUT2D eigenvalue weighted by atomic mass is 10.0. The first-order chi connectivity index (χ1) is 9.95. The Labute approximate surface area is 150 Å². The molecule has 0 bridgehead atoms. The van der Waals surface area contributed by atoms with Crippen molar-refractivity contribution in [3.63, 3.8) is 0 Å². The first kappa shape index (κ1) is 20.7. The van der Waals surface area contributed by atoms with Crippen molar-refractivity contribution < 1.29 is 4.74 Å². The molecule has 0 fully saturated rings. The largest absolute Gasteiger partial charge is 0.496 e. The molecule has 0 radical (unpaired) electrons. The van der Waals surface area contributed by atoms with Crippen LogP contribution in [0.3, 0.4) is 0 Å². The van der Waals surface area contributed by atoms with Gasteiger partial charge in [-0.15, -0.1) is 24.0 Å². The highest BCUT2D eigenvalue weighted by Gasteiger charge is 2.17. The van der Waals surface area contributed by atoms with Crippen molar-refractivity contribution in [1.29, 1.82) is 0 Å². The fourth-order valence-corrected chi connectivity index (χ4v) is 1.96. The average molecular weight is 418 g/mol. The van der Waals surface area contributed by atoms with E-state index >= 15 is 0 Å². The summed E-state index contributed by atoms with van der Waals surface area (Å²) in [4.78, 5) is 6.52. The number of nitrogens with two attached hydrogens (primary N) is 1. The van der Waals surface area contributed by atoms with Gasteiger partial charge in [0.05, 0.1) is 19.7 Å². The lowest BCUT2D eigenvalue weighted by molar-refractivity contribution is 0.295. The third-order valence-electron chi connectivity index (χ3n) is 3.13. The van der Waals surface area contributed by atoms with E-state index in [1.807, 2.05) is 39.2 Å². The fraction of sp³-hybridized carbons (Fsp3) is 0.438. The van der Waals surface area contributed by atoms with Gasteiger partial charge < -0.3 is 20.7 Å². The van der Waals surface area contributed by atoms with Crippen LogP contribution in [0.25, 0.3) is 0 Å². The molecule has 1 atom stereocenters. The van der Waals surface area contributed by atoms with Gasteiger partial charge in [0.2, 0.25) is 0 Å². The van der Waals surface area contributed by atoms with Crippen LogP contribution in [0.5, 0.6) is 5.75 Å². The van der Waals surface area contributed by atoms with Crippen molar-refractivity contribution in [3.8, 4) is 5.75 Å². The van der Waals surface area contributed by atoms with E-state index in [0.717, 1.165) is 16.9 Å². The van der Waals surface area contributed by atoms with Crippen LogP contribution in [0.15, 0.2) is 41.4 Å². The van der Waals surface area contributed by atoms with Gasteiger partial charge in [0.15, 0.2) is 5.96 Å². The molecule has 0 aliphatic heterocycles. The van der Waals surface area contributed by atoms with E-state index in [1.54, 1.807) is 7.11 Å². The number of halogens is 1. The van der Waals surface area contributed by atoms with E-state index in [0.29, 0.717) is 19.0 Å². The van der Waals surface area contributed by atoms with Crippen molar-refractivity contribution in [3.05, 3.63) is 42.0 Å². The minimum absolute atomic E-state index is 0. The van der Waals surface area contributed by atoms with Crippen molar-refractivity contribution in [2.45, 2.75) is 13.0 Å². The van der Waals surface area contributed by atoms with Gasteiger partial charge in [-0.05, 0) is 27.1 Å². The molecule has 0 saturated carbocycles. The standard InChI is InChI=1S/C16H26N4O.HI/c1-12(2)10-18-16(17)19-11-14(20(3)4)13-8-6-7-9-15(13)21-5;/h6-9,14H,1,10-11H2,2-5H3,(H3,17,18,19);1H. The predicted molar refractivity (Wildman–Crippen MR) is 104 cm³/mol. The Morgan fingerprint density at radius 1 is 1.41 bits per heavy atom. The van der Waals surface area contributed by atoms with Gasteiger partial charge in [-0.3, -0.25) is 4.99 Å². The summed E-state index contributed by atoms with van der Waals surface area (Å²) < 4.78 is 5.43. The van der Waals surface area contributed by atoms with Crippen LogP contribution in [0.2, 0.25) is 0 Å². The number of ether oxygens (including phenoxy) is 1. The number of benzene rings is 1. The second-order valence-corrected chi connectivity index (χ2v) is 5.26. The van der Waals surface area contributed by atoms with Crippen LogP contribution in [-0.2, 0) is 0 Å². The maximum absolute atomic E-state index is 5.87. The zero-order valence-electron chi connectivity index (χ0n) is 13.8. The Morgan fingerprint density at radius 2 is 2.05 bits per heavy atom. The lowest BCUT2D eigenvalue weighted by Gasteiger charge is -2.25. The summed E-state index contributed by atoms with van der Waals surface area (Å²) in [6.07, 6.45) is 0. The molecule has 124 valence electrons. The average Bonchev–Trinajstić information content (AvgIpc) is 2.45. The molecule has 1 unspecified atom stereocenters. The highest BCUT2D eigenvalue weighted by atomic mass is 127. The van der Waals surface area contributed by atoms with E-state index in [9.17, 15) is 0 Å². The molecule has 0 aliphatic rings. The van der Waals surface area contributed by atoms with E-state index in [4.69, 9.17) is 10.5 Å². The molecule has 0 heterocycles. The molecular formula is C16H27IN4O. The van der Waals surface area contributed by atoms with Gasteiger partial charge in [0.25, 0.3) is 0 Å². The van der Waals surface area contributed by atoms with Crippen molar-refractivity contribution in [2.24, 2.45) is 10.7 Å². The quantitative estimate of drug-likeness (QED) is 0.309. The van der Waals surface area contributed by atoms with Gasteiger partial charge in [-0.1, -0.05) is 30.4 Å². The Morgan fingerprint density at radius 3 is 2.59 bits per heavy atom. The van der Waals surface area contributed by atoms with E-state index in [1.165, 1.54) is 0 Å². The first-order valence-corrected chi connectivity index (χ1v) is 6.93. The molecule has 0 amide bonds. The number of rotatable bonds is 7. The number of hydrogen-bond donors (Lipinski definition) is 2. The molecule has 0 aromatic heterocycles. The van der Waals surface area contributed by atoms with Crippen LogP contribution < -0.4 is 15.8 Å². The van der Waals surface area contributed by atoms with Gasteiger partial charge in [-0.2, -0.15) is 0 Å². The van der Waals surface area contributed by atoms with Crippen LogP contribution in [0.1, 0.15) is 18.5 Å². The number of guanidine groups is 1. The molecular weight excluding hydrogens is 391 g/mol. The van der Waals surface area contributed by atoms with E-state index in [2.05, 4.69) is 27.9 Å². The van der Waals surface area contributed by atoms with E-state index < -0.39 is 0 Å². The Hall–Kier alpha value is -1.28. The highest BCUT2D eigenvalue weighted by Crippen LogP contribution is 2.27. The Balaban J connectivity index is 0.00000441. The zero-order valence-corrected chi connectivity index (χ0v) is 16.1. The third-order valence-corrected chi connectivity index (χ3v) is 3.13. The van der Waals surface area contributed by atoms with Gasteiger partial charge in [0.1, 0.15) is 5.75 Å². The lowest BCUT2D eigenvalue weighted by Crippen LogP contribution is -2.34. The molecule has 6 heteroatoms. The molecule has 1 rings (SSSR count). The minimum Gasteiger partial charge on any atom is -0.496 e. The summed E-state index contributed by atoms with van der Waals surface area (Å²) in [5.74, 6) is 1.29. The summed E-state index contributed by atoms with van der Waals surface area (Å²) in [6.45, 7) is 6.96. The second kappa shape index (κ2) is 10.4. The van der Waals surface area contributed by atoms with Crippen LogP contribution >= 0.6 is 24.0 Å². The topological polar surface area (TPSA) is 62.9 Å². The maximum atomic E-state index is 5.87. The molecule has 22 heavy (non-hydrogen) atoms. The summed E-state index contributed by atoms with van der Waals surface area (Å²) in [5.41, 5.74) is 7.98. The molecule has 0 saturated heterocycles. The number of methoxy groups -OCH3 is 1. The number of hydrogen-bond acceptors (Lipinski definition) is 3. The second-order valence-electron chi connectivity index (χ2n) is 5.26. The molecule has 1 aromatic carbocycles. The zero-order chi connectivity index (χ0) is 15.8. The summed E-state index contributed by atoms with van der Waals surface area (Å²) in [5, 5.41) is 3.03. The Kier molecular flexibility index (Phi) is 9.84. The van der Waals surface area contributed by atoms with Gasteiger partial charge >= 0.3 is 0 Å². The number of likely N-dealkylation sites (N-methyl/N-ethyl adjacent to an activating group) is 1.